The van der Waals surface area contributed by atoms with E-state index in [0.29, 0.717) is 18.1 Å². The molecule has 2 atom stereocenters. The first-order valence-corrected chi connectivity index (χ1v) is 5.39. The van der Waals surface area contributed by atoms with Crippen molar-refractivity contribution in [3.63, 3.8) is 0 Å². The van der Waals surface area contributed by atoms with Gasteiger partial charge in [0.15, 0.2) is 0 Å². The molecule has 2 nitrogen and oxygen atoms in total. The summed E-state index contributed by atoms with van der Waals surface area (Å²) in [7, 11) is 0. The fraction of sp³-hybridized carbons (Fsp3) is 0.909. The Bertz CT molecular complexity index is 177. The third kappa shape index (κ3) is 3.11. The van der Waals surface area contributed by atoms with Gasteiger partial charge in [-0.15, -0.1) is 0 Å². The van der Waals surface area contributed by atoms with Crippen molar-refractivity contribution >= 4 is 5.78 Å². The highest BCUT2D eigenvalue weighted by molar-refractivity contribution is 5.81. The van der Waals surface area contributed by atoms with Gasteiger partial charge in [0.1, 0.15) is 5.78 Å². The molecule has 76 valence electrons. The van der Waals surface area contributed by atoms with Crippen molar-refractivity contribution in [2.24, 2.45) is 17.6 Å². The van der Waals surface area contributed by atoms with Crippen molar-refractivity contribution in [3.05, 3.63) is 0 Å². The van der Waals surface area contributed by atoms with E-state index in [-0.39, 0.29) is 12.0 Å². The van der Waals surface area contributed by atoms with E-state index in [4.69, 9.17) is 5.73 Å². The number of Topliss-reactive ketones (excluding diaryl/α,β-unsaturated/α-hetero) is 1. The van der Waals surface area contributed by atoms with Crippen LogP contribution >= 0.6 is 0 Å². The van der Waals surface area contributed by atoms with E-state index in [1.807, 2.05) is 0 Å². The van der Waals surface area contributed by atoms with Crippen LogP contribution in [0.1, 0.15) is 46.0 Å². The molecule has 1 aliphatic carbocycles. The zero-order valence-corrected chi connectivity index (χ0v) is 8.75. The van der Waals surface area contributed by atoms with Crippen LogP contribution in [0.4, 0.5) is 0 Å². The molecule has 1 aliphatic rings. The van der Waals surface area contributed by atoms with E-state index in [1.165, 1.54) is 12.8 Å². The first-order chi connectivity index (χ1) is 6.11. The van der Waals surface area contributed by atoms with Gasteiger partial charge in [-0.05, 0) is 18.8 Å². The molecule has 0 aromatic rings. The van der Waals surface area contributed by atoms with Gasteiger partial charge < -0.3 is 5.73 Å². The van der Waals surface area contributed by atoms with E-state index in [9.17, 15) is 4.79 Å². The van der Waals surface area contributed by atoms with E-state index in [2.05, 4.69) is 13.8 Å². The van der Waals surface area contributed by atoms with Crippen LogP contribution in [-0.4, -0.2) is 11.8 Å². The molecule has 2 unspecified atom stereocenters. The second-order valence-electron chi connectivity index (χ2n) is 4.62. The minimum Gasteiger partial charge on any atom is -0.327 e. The van der Waals surface area contributed by atoms with Crippen LogP contribution in [0.15, 0.2) is 0 Å². The third-order valence-electron chi connectivity index (χ3n) is 2.84. The summed E-state index contributed by atoms with van der Waals surface area (Å²) in [6, 6.07) is 0.139. The maximum atomic E-state index is 11.7. The van der Waals surface area contributed by atoms with Crippen LogP contribution < -0.4 is 5.73 Å². The zero-order valence-electron chi connectivity index (χ0n) is 8.75. The lowest BCUT2D eigenvalue weighted by molar-refractivity contribution is -0.125. The summed E-state index contributed by atoms with van der Waals surface area (Å²) in [5, 5.41) is 0. The lowest BCUT2D eigenvalue weighted by atomic mass is 9.80. The van der Waals surface area contributed by atoms with Gasteiger partial charge in [-0.25, -0.2) is 0 Å². The highest BCUT2D eigenvalue weighted by Gasteiger charge is 2.27. The van der Waals surface area contributed by atoms with Gasteiger partial charge in [0.05, 0.1) is 0 Å². The van der Waals surface area contributed by atoms with Crippen molar-refractivity contribution in [3.8, 4) is 0 Å². The minimum absolute atomic E-state index is 0.139. The number of nitrogens with two attached hydrogens (primary N) is 1. The zero-order chi connectivity index (χ0) is 9.84. The Morgan fingerprint density at radius 1 is 1.38 bits per heavy atom. The van der Waals surface area contributed by atoms with Crippen LogP contribution in [0.2, 0.25) is 0 Å². The molecule has 2 N–H and O–H groups in total. The predicted octanol–water partition coefficient (Wildman–Crippen LogP) is 2.12. The fourth-order valence-corrected chi connectivity index (χ4v) is 2.11. The number of carbonyl (C=O) groups excluding carboxylic acids is 1. The smallest absolute Gasteiger partial charge is 0.137 e. The van der Waals surface area contributed by atoms with Gasteiger partial charge >= 0.3 is 0 Å². The quantitative estimate of drug-likeness (QED) is 0.728. The molecule has 0 aromatic heterocycles. The molecule has 1 fully saturated rings. The molecule has 2 heteroatoms. The van der Waals surface area contributed by atoms with Crippen molar-refractivity contribution in [2.45, 2.75) is 52.0 Å². The highest BCUT2D eigenvalue weighted by Crippen LogP contribution is 2.25. The first-order valence-electron chi connectivity index (χ1n) is 5.39. The normalized spacial score (nSPS) is 29.2. The van der Waals surface area contributed by atoms with Gasteiger partial charge in [-0.2, -0.15) is 0 Å². The molecule has 0 bridgehead atoms. The molecule has 0 saturated heterocycles. The summed E-state index contributed by atoms with van der Waals surface area (Å²) in [6.07, 6.45) is 5.15. The monoisotopic (exact) mass is 183 g/mol. The summed E-state index contributed by atoms with van der Waals surface area (Å²) in [4.78, 5) is 11.7. The van der Waals surface area contributed by atoms with E-state index in [1.54, 1.807) is 0 Å². The molecule has 0 amide bonds. The molecule has 1 rings (SSSR count). The minimum atomic E-state index is 0.139. The van der Waals surface area contributed by atoms with E-state index < -0.39 is 0 Å². The first kappa shape index (κ1) is 10.7. The number of hydrogen-bond acceptors (Lipinski definition) is 2. The average molecular weight is 183 g/mol. The maximum absolute atomic E-state index is 11.7. The second kappa shape index (κ2) is 4.75. The summed E-state index contributed by atoms with van der Waals surface area (Å²) in [6.45, 7) is 4.18. The molecule has 0 heterocycles. The van der Waals surface area contributed by atoms with Crippen LogP contribution in [0.25, 0.3) is 0 Å². The standard InChI is InChI=1S/C11H21NO/c1-8(2)7-11(13)9-5-3-4-6-10(9)12/h8-10H,3-7,12H2,1-2H3. The molecular weight excluding hydrogens is 162 g/mol. The van der Waals surface area contributed by atoms with Crippen LogP contribution in [0.5, 0.6) is 0 Å². The van der Waals surface area contributed by atoms with Gasteiger partial charge in [-0.3, -0.25) is 4.79 Å². The van der Waals surface area contributed by atoms with Gasteiger partial charge in [0.25, 0.3) is 0 Å². The largest absolute Gasteiger partial charge is 0.327 e. The highest BCUT2D eigenvalue weighted by atomic mass is 16.1. The Kier molecular flexibility index (Phi) is 3.91. The van der Waals surface area contributed by atoms with Gasteiger partial charge in [0, 0.05) is 18.4 Å². The molecule has 0 spiro atoms. The Morgan fingerprint density at radius 2 is 2.00 bits per heavy atom. The van der Waals surface area contributed by atoms with Crippen molar-refractivity contribution in [2.75, 3.05) is 0 Å². The average Bonchev–Trinajstić information content (AvgIpc) is 2.03. The summed E-state index contributed by atoms with van der Waals surface area (Å²) < 4.78 is 0. The Labute approximate surface area is 80.9 Å². The molecule has 0 aliphatic heterocycles. The van der Waals surface area contributed by atoms with E-state index >= 15 is 0 Å². The van der Waals surface area contributed by atoms with Gasteiger partial charge in [0.2, 0.25) is 0 Å². The summed E-state index contributed by atoms with van der Waals surface area (Å²) in [5.74, 6) is 1.03. The molecular formula is C11H21NO. The van der Waals surface area contributed by atoms with Crippen molar-refractivity contribution in [1.82, 2.24) is 0 Å². The number of carbonyl (C=O) groups is 1. The lowest BCUT2D eigenvalue weighted by Crippen LogP contribution is -2.38. The Hall–Kier alpha value is -0.370. The van der Waals surface area contributed by atoms with Crippen molar-refractivity contribution < 1.29 is 4.79 Å². The topological polar surface area (TPSA) is 43.1 Å². The van der Waals surface area contributed by atoms with Gasteiger partial charge in [-0.1, -0.05) is 26.7 Å². The number of hydrogen-bond donors (Lipinski definition) is 1. The molecule has 1 saturated carbocycles. The van der Waals surface area contributed by atoms with E-state index in [0.717, 1.165) is 12.8 Å². The molecule has 0 aromatic carbocycles. The second-order valence-corrected chi connectivity index (χ2v) is 4.62. The summed E-state index contributed by atoms with van der Waals surface area (Å²) >= 11 is 0. The maximum Gasteiger partial charge on any atom is 0.137 e. The molecule has 0 radical (unpaired) electrons. The van der Waals surface area contributed by atoms with Crippen LogP contribution in [0, 0.1) is 11.8 Å². The third-order valence-corrected chi connectivity index (χ3v) is 2.84. The summed E-state index contributed by atoms with van der Waals surface area (Å²) in [5.41, 5.74) is 5.93. The SMILES string of the molecule is CC(C)CC(=O)C1CCCCC1N. The Morgan fingerprint density at radius 3 is 2.54 bits per heavy atom. The number of ketones is 1. The van der Waals surface area contributed by atoms with Crippen LogP contribution in [0.3, 0.4) is 0 Å². The van der Waals surface area contributed by atoms with Crippen LogP contribution in [-0.2, 0) is 4.79 Å². The Balaban J connectivity index is 2.44. The molecule has 13 heavy (non-hydrogen) atoms. The number of rotatable bonds is 3. The van der Waals surface area contributed by atoms with Crippen molar-refractivity contribution in [1.29, 1.82) is 0 Å². The lowest BCUT2D eigenvalue weighted by Gasteiger charge is -2.27. The fourth-order valence-electron chi connectivity index (χ4n) is 2.11. The predicted molar refractivity (Wildman–Crippen MR) is 54.4 cm³/mol.